The summed E-state index contributed by atoms with van der Waals surface area (Å²) in [4.78, 5) is 0. The van der Waals surface area contributed by atoms with Gasteiger partial charge in [0.2, 0.25) is 0 Å². The Morgan fingerprint density at radius 2 is 1.93 bits per heavy atom. The zero-order chi connectivity index (χ0) is 10.7. The Bertz CT molecular complexity index is 312. The van der Waals surface area contributed by atoms with Crippen molar-refractivity contribution in [3.8, 4) is 0 Å². The topological polar surface area (TPSA) is 40.5 Å². The molecule has 0 spiro atoms. The lowest BCUT2D eigenvalue weighted by Crippen LogP contribution is -2.20. The first kappa shape index (κ1) is 11.6. The maximum Gasteiger partial charge on any atom is 0.106 e. The summed E-state index contributed by atoms with van der Waals surface area (Å²) in [5, 5.41) is 19.3. The maximum atomic E-state index is 9.80. The summed E-state index contributed by atoms with van der Waals surface area (Å²) in [7, 11) is 0. The van der Waals surface area contributed by atoms with E-state index >= 15 is 0 Å². The molecule has 0 aromatic heterocycles. The Hall–Kier alpha value is -0.510. The van der Waals surface area contributed by atoms with Gasteiger partial charge in [-0.2, -0.15) is 12.6 Å². The van der Waals surface area contributed by atoms with Gasteiger partial charge < -0.3 is 10.2 Å². The molecule has 2 atom stereocenters. The normalized spacial score (nSPS) is 15.2. The lowest BCUT2D eigenvalue weighted by Gasteiger charge is -2.19. The average molecular weight is 212 g/mol. The Kier molecular flexibility index (Phi) is 3.98. The van der Waals surface area contributed by atoms with Crippen LogP contribution in [0.25, 0.3) is 0 Å². The molecule has 0 saturated heterocycles. The average Bonchev–Trinajstić information content (AvgIpc) is 2.20. The van der Waals surface area contributed by atoms with E-state index in [0.29, 0.717) is 0 Å². The smallest absolute Gasteiger partial charge is 0.106 e. The number of aliphatic hydroxyl groups excluding tert-OH is 2. The van der Waals surface area contributed by atoms with Gasteiger partial charge in [0.15, 0.2) is 0 Å². The molecule has 1 aromatic rings. The van der Waals surface area contributed by atoms with E-state index in [1.165, 1.54) is 0 Å². The molecule has 1 aromatic carbocycles. The van der Waals surface area contributed by atoms with Crippen LogP contribution >= 0.6 is 12.6 Å². The Balaban J connectivity index is 3.01. The Morgan fingerprint density at radius 3 is 2.50 bits per heavy atom. The third-order valence-corrected chi connectivity index (χ3v) is 2.89. The van der Waals surface area contributed by atoms with Crippen LogP contribution in [0.15, 0.2) is 18.2 Å². The van der Waals surface area contributed by atoms with Gasteiger partial charge in [0.1, 0.15) is 6.10 Å². The van der Waals surface area contributed by atoms with Gasteiger partial charge in [-0.1, -0.05) is 18.2 Å². The van der Waals surface area contributed by atoms with Gasteiger partial charge in [0.05, 0.1) is 6.10 Å². The van der Waals surface area contributed by atoms with Gasteiger partial charge in [-0.15, -0.1) is 0 Å². The molecule has 2 N–H and O–H groups in total. The highest BCUT2D eigenvalue weighted by atomic mass is 32.1. The van der Waals surface area contributed by atoms with Crippen LogP contribution in [-0.2, 0) is 0 Å². The predicted octanol–water partition coefficient (Wildman–Crippen LogP) is 1.63. The van der Waals surface area contributed by atoms with Crippen molar-refractivity contribution in [3.05, 3.63) is 34.9 Å². The van der Waals surface area contributed by atoms with Crippen LogP contribution in [0.3, 0.4) is 0 Å². The van der Waals surface area contributed by atoms with Gasteiger partial charge in [-0.25, -0.2) is 0 Å². The van der Waals surface area contributed by atoms with Crippen LogP contribution in [-0.4, -0.2) is 22.1 Å². The van der Waals surface area contributed by atoms with Crippen molar-refractivity contribution in [2.24, 2.45) is 0 Å². The number of rotatable bonds is 3. The fourth-order valence-electron chi connectivity index (χ4n) is 1.40. The third-order valence-electron chi connectivity index (χ3n) is 2.52. The summed E-state index contributed by atoms with van der Waals surface area (Å²) in [5.41, 5.74) is 2.93. The van der Waals surface area contributed by atoms with E-state index in [1.54, 1.807) is 0 Å². The molecule has 1 rings (SSSR count). The van der Waals surface area contributed by atoms with Gasteiger partial charge in [0, 0.05) is 5.75 Å². The monoisotopic (exact) mass is 212 g/mol. The van der Waals surface area contributed by atoms with Crippen molar-refractivity contribution < 1.29 is 10.2 Å². The number of aliphatic hydroxyl groups is 2. The molecule has 0 saturated carbocycles. The molecule has 0 aliphatic carbocycles. The number of benzene rings is 1. The highest BCUT2D eigenvalue weighted by Gasteiger charge is 2.18. The number of hydrogen-bond donors (Lipinski definition) is 3. The molecule has 0 bridgehead atoms. The quantitative estimate of drug-likeness (QED) is 0.666. The van der Waals surface area contributed by atoms with Crippen LogP contribution in [0.2, 0.25) is 0 Å². The molecular formula is C11H16O2S. The van der Waals surface area contributed by atoms with Gasteiger partial charge >= 0.3 is 0 Å². The second-order valence-electron chi connectivity index (χ2n) is 3.48. The van der Waals surface area contributed by atoms with E-state index in [1.807, 2.05) is 32.0 Å². The van der Waals surface area contributed by atoms with Crippen LogP contribution in [0.5, 0.6) is 0 Å². The first-order valence-corrected chi connectivity index (χ1v) is 5.24. The van der Waals surface area contributed by atoms with E-state index < -0.39 is 12.2 Å². The van der Waals surface area contributed by atoms with Gasteiger partial charge in [-0.3, -0.25) is 0 Å². The first-order chi connectivity index (χ1) is 6.57. The third kappa shape index (κ3) is 2.29. The number of thiol groups is 1. The maximum absolute atomic E-state index is 9.80. The first-order valence-electron chi connectivity index (χ1n) is 4.61. The Morgan fingerprint density at radius 1 is 1.29 bits per heavy atom. The molecule has 0 radical (unpaired) electrons. The summed E-state index contributed by atoms with van der Waals surface area (Å²) in [6.45, 7) is 3.93. The molecule has 3 heteroatoms. The Labute approximate surface area is 90.0 Å². The van der Waals surface area contributed by atoms with Crippen LogP contribution in [0, 0.1) is 13.8 Å². The molecule has 0 fully saturated rings. The summed E-state index contributed by atoms with van der Waals surface area (Å²) >= 11 is 3.96. The van der Waals surface area contributed by atoms with Crippen molar-refractivity contribution in [1.82, 2.24) is 0 Å². The molecule has 0 aliphatic heterocycles. The zero-order valence-corrected chi connectivity index (χ0v) is 9.33. The molecule has 2 unspecified atom stereocenters. The van der Waals surface area contributed by atoms with E-state index in [9.17, 15) is 10.2 Å². The summed E-state index contributed by atoms with van der Waals surface area (Å²) in [5.74, 6) is 0.258. The fourth-order valence-corrected chi connectivity index (χ4v) is 1.60. The molecule has 0 aliphatic rings. The van der Waals surface area contributed by atoms with Crippen LogP contribution < -0.4 is 0 Å². The second-order valence-corrected chi connectivity index (χ2v) is 3.85. The van der Waals surface area contributed by atoms with E-state index in [-0.39, 0.29) is 5.75 Å². The zero-order valence-electron chi connectivity index (χ0n) is 8.44. The van der Waals surface area contributed by atoms with Crippen molar-refractivity contribution in [1.29, 1.82) is 0 Å². The molecule has 2 nitrogen and oxygen atoms in total. The van der Waals surface area contributed by atoms with E-state index in [2.05, 4.69) is 12.6 Å². The summed E-state index contributed by atoms with van der Waals surface area (Å²) < 4.78 is 0. The lowest BCUT2D eigenvalue weighted by atomic mass is 9.97. The van der Waals surface area contributed by atoms with Crippen molar-refractivity contribution in [2.45, 2.75) is 26.1 Å². The minimum absolute atomic E-state index is 0.258. The van der Waals surface area contributed by atoms with E-state index in [4.69, 9.17) is 0 Å². The van der Waals surface area contributed by atoms with Crippen molar-refractivity contribution in [2.75, 3.05) is 5.75 Å². The SMILES string of the molecule is Cc1cccc(C(O)C(O)CS)c1C. The minimum atomic E-state index is -0.840. The highest BCUT2D eigenvalue weighted by molar-refractivity contribution is 7.80. The number of hydrogen-bond acceptors (Lipinski definition) is 3. The standard InChI is InChI=1S/C11H16O2S/c1-7-4-3-5-9(8(7)2)11(13)10(12)6-14/h3-5,10-14H,6H2,1-2H3. The van der Waals surface area contributed by atoms with Crippen molar-refractivity contribution in [3.63, 3.8) is 0 Å². The summed E-state index contributed by atoms with van der Waals surface area (Å²) in [6, 6.07) is 5.70. The highest BCUT2D eigenvalue weighted by Crippen LogP contribution is 2.23. The van der Waals surface area contributed by atoms with Crippen molar-refractivity contribution >= 4 is 12.6 Å². The predicted molar refractivity (Wildman–Crippen MR) is 60.7 cm³/mol. The summed E-state index contributed by atoms with van der Waals surface area (Å²) in [6.07, 6.45) is -1.65. The molecule has 14 heavy (non-hydrogen) atoms. The molecule has 0 heterocycles. The fraction of sp³-hybridized carbons (Fsp3) is 0.455. The largest absolute Gasteiger partial charge is 0.389 e. The molecule has 78 valence electrons. The van der Waals surface area contributed by atoms with E-state index in [0.717, 1.165) is 16.7 Å². The van der Waals surface area contributed by atoms with Crippen LogP contribution in [0.4, 0.5) is 0 Å². The molecular weight excluding hydrogens is 196 g/mol. The number of aryl methyl sites for hydroxylation is 1. The van der Waals surface area contributed by atoms with Crippen LogP contribution in [0.1, 0.15) is 22.8 Å². The minimum Gasteiger partial charge on any atom is -0.389 e. The molecule has 0 amide bonds. The van der Waals surface area contributed by atoms with Gasteiger partial charge in [0.25, 0.3) is 0 Å². The lowest BCUT2D eigenvalue weighted by molar-refractivity contribution is 0.0333. The van der Waals surface area contributed by atoms with Gasteiger partial charge in [-0.05, 0) is 30.5 Å². The second kappa shape index (κ2) is 4.82.